The molecule has 2 aromatic carbocycles. The second kappa shape index (κ2) is 7.48. The minimum atomic E-state index is -1.00. The highest BCUT2D eigenvalue weighted by molar-refractivity contribution is 6.30. The summed E-state index contributed by atoms with van der Waals surface area (Å²) in [6, 6.07) is 8.99. The Morgan fingerprint density at radius 3 is 2.69 bits per heavy atom. The lowest BCUT2D eigenvalue weighted by molar-refractivity contribution is 0.182. The number of nitrogens with one attached hydrogen (secondary N) is 1. The molecule has 1 unspecified atom stereocenters. The molecule has 0 fully saturated rings. The van der Waals surface area contributed by atoms with Gasteiger partial charge in [-0.15, -0.1) is 0 Å². The number of carbonyl (C=O) groups is 1. The average Bonchev–Trinajstić information content (AvgIpc) is 3.08. The van der Waals surface area contributed by atoms with Crippen LogP contribution >= 0.6 is 11.6 Å². The normalized spacial score (nSPS) is 15.9. The van der Waals surface area contributed by atoms with Gasteiger partial charge in [0.1, 0.15) is 0 Å². The molecule has 2 amide bonds. The summed E-state index contributed by atoms with van der Waals surface area (Å²) in [6.45, 7) is 3.63. The molecular formula is C21H18ClF2N3O2. The summed E-state index contributed by atoms with van der Waals surface area (Å²) in [5, 5.41) is 7.42. The number of hydrogen-bond donors (Lipinski definition) is 1. The number of amides is 2. The second-order valence-corrected chi connectivity index (χ2v) is 7.58. The Kier molecular flexibility index (Phi) is 5.00. The van der Waals surface area contributed by atoms with Crippen LogP contribution in [-0.4, -0.2) is 22.1 Å². The van der Waals surface area contributed by atoms with E-state index < -0.39 is 17.7 Å². The first-order valence-electron chi connectivity index (χ1n) is 9.10. The molecule has 4 rings (SSSR count). The van der Waals surface area contributed by atoms with Crippen molar-refractivity contribution in [1.29, 1.82) is 0 Å². The van der Waals surface area contributed by atoms with Crippen LogP contribution in [0.3, 0.4) is 0 Å². The van der Waals surface area contributed by atoms with Gasteiger partial charge in [0.25, 0.3) is 0 Å². The maximum absolute atomic E-state index is 13.7. The SMILES string of the molecule is Cc1cc(NC(=O)N2Cc3c(noc3-c3ccc(Cl)cc3)CC2C)cc(F)c1F. The van der Waals surface area contributed by atoms with E-state index in [-0.39, 0.29) is 23.8 Å². The summed E-state index contributed by atoms with van der Waals surface area (Å²) < 4.78 is 32.7. The number of fused-ring (bicyclic) bond motifs is 1. The number of urea groups is 1. The van der Waals surface area contributed by atoms with Gasteiger partial charge in [0.05, 0.1) is 12.2 Å². The van der Waals surface area contributed by atoms with E-state index in [1.54, 1.807) is 17.0 Å². The summed E-state index contributed by atoms with van der Waals surface area (Å²) in [7, 11) is 0. The third kappa shape index (κ3) is 3.70. The molecule has 1 N–H and O–H groups in total. The van der Waals surface area contributed by atoms with Gasteiger partial charge in [-0.05, 0) is 49.7 Å². The first kappa shape index (κ1) is 19.4. The van der Waals surface area contributed by atoms with Crippen LogP contribution in [0, 0.1) is 18.6 Å². The zero-order valence-electron chi connectivity index (χ0n) is 15.8. The number of benzene rings is 2. The van der Waals surface area contributed by atoms with E-state index in [0.717, 1.165) is 22.9 Å². The van der Waals surface area contributed by atoms with Gasteiger partial charge in [-0.2, -0.15) is 0 Å². The fraction of sp³-hybridized carbons (Fsp3) is 0.238. The molecule has 150 valence electrons. The fourth-order valence-electron chi connectivity index (χ4n) is 3.48. The monoisotopic (exact) mass is 417 g/mol. The molecular weight excluding hydrogens is 400 g/mol. The minimum absolute atomic E-state index is 0.123. The molecule has 5 nitrogen and oxygen atoms in total. The number of aromatic nitrogens is 1. The van der Waals surface area contributed by atoms with Crippen molar-refractivity contribution in [2.24, 2.45) is 0 Å². The maximum atomic E-state index is 13.7. The Hall–Kier alpha value is -2.93. The highest BCUT2D eigenvalue weighted by Crippen LogP contribution is 2.33. The van der Waals surface area contributed by atoms with Gasteiger partial charge in [-0.25, -0.2) is 13.6 Å². The van der Waals surface area contributed by atoms with Gasteiger partial charge in [-0.3, -0.25) is 0 Å². The topological polar surface area (TPSA) is 58.4 Å². The Bertz CT molecular complexity index is 1060. The lowest BCUT2D eigenvalue weighted by atomic mass is 9.97. The highest BCUT2D eigenvalue weighted by Gasteiger charge is 2.32. The van der Waals surface area contributed by atoms with Gasteiger partial charge < -0.3 is 14.7 Å². The van der Waals surface area contributed by atoms with E-state index in [2.05, 4.69) is 10.5 Å². The van der Waals surface area contributed by atoms with Crippen molar-refractivity contribution in [2.75, 3.05) is 5.32 Å². The van der Waals surface area contributed by atoms with E-state index in [1.165, 1.54) is 13.0 Å². The van der Waals surface area contributed by atoms with Crippen LogP contribution in [0.1, 0.15) is 23.7 Å². The second-order valence-electron chi connectivity index (χ2n) is 7.14. The first-order valence-corrected chi connectivity index (χ1v) is 9.48. The molecule has 1 atom stereocenters. The smallest absolute Gasteiger partial charge is 0.322 e. The predicted octanol–water partition coefficient (Wildman–Crippen LogP) is 5.56. The summed E-state index contributed by atoms with van der Waals surface area (Å²) in [4.78, 5) is 14.5. The predicted molar refractivity (Wildman–Crippen MR) is 106 cm³/mol. The molecule has 0 radical (unpaired) electrons. The van der Waals surface area contributed by atoms with Crippen molar-refractivity contribution in [1.82, 2.24) is 10.1 Å². The summed E-state index contributed by atoms with van der Waals surface area (Å²) >= 11 is 5.95. The number of carbonyl (C=O) groups excluding carboxylic acids is 1. The van der Waals surface area contributed by atoms with Crippen LogP contribution < -0.4 is 5.32 Å². The third-order valence-corrected chi connectivity index (χ3v) is 5.30. The van der Waals surface area contributed by atoms with E-state index >= 15 is 0 Å². The van der Waals surface area contributed by atoms with E-state index in [9.17, 15) is 13.6 Å². The van der Waals surface area contributed by atoms with E-state index in [1.807, 2.05) is 19.1 Å². The lowest BCUT2D eigenvalue weighted by Gasteiger charge is -2.32. The number of aryl methyl sites for hydroxylation is 1. The molecule has 0 aliphatic carbocycles. The molecule has 2 heterocycles. The summed E-state index contributed by atoms with van der Waals surface area (Å²) in [5.74, 6) is -1.33. The van der Waals surface area contributed by atoms with Crippen molar-refractivity contribution in [2.45, 2.75) is 32.9 Å². The van der Waals surface area contributed by atoms with E-state index in [4.69, 9.17) is 16.1 Å². The maximum Gasteiger partial charge on any atom is 0.322 e. The standard InChI is InChI=1S/C21H18ClF2N3O2/c1-11-7-15(9-17(23)19(11)24)25-21(28)27-10-16-18(8-12(27)2)26-29-20(16)13-3-5-14(22)6-4-13/h3-7,9,12H,8,10H2,1-2H3,(H,25,28). The molecule has 29 heavy (non-hydrogen) atoms. The van der Waals surface area contributed by atoms with Crippen molar-refractivity contribution in [3.63, 3.8) is 0 Å². The van der Waals surface area contributed by atoms with E-state index in [0.29, 0.717) is 17.2 Å². The number of hydrogen-bond acceptors (Lipinski definition) is 3. The molecule has 8 heteroatoms. The lowest BCUT2D eigenvalue weighted by Crippen LogP contribution is -2.44. The number of halogens is 3. The largest absolute Gasteiger partial charge is 0.356 e. The zero-order valence-corrected chi connectivity index (χ0v) is 16.6. The highest BCUT2D eigenvalue weighted by atomic mass is 35.5. The third-order valence-electron chi connectivity index (χ3n) is 5.05. The zero-order chi connectivity index (χ0) is 20.7. The molecule has 1 aliphatic heterocycles. The van der Waals surface area contributed by atoms with Crippen LogP contribution in [0.4, 0.5) is 19.3 Å². The Balaban J connectivity index is 1.59. The van der Waals surface area contributed by atoms with Gasteiger partial charge in [-0.1, -0.05) is 16.8 Å². The van der Waals surface area contributed by atoms with Gasteiger partial charge in [0.15, 0.2) is 17.4 Å². The van der Waals surface area contributed by atoms with Gasteiger partial charge >= 0.3 is 6.03 Å². The Morgan fingerprint density at radius 1 is 1.28 bits per heavy atom. The molecule has 0 saturated carbocycles. The molecule has 1 aromatic heterocycles. The van der Waals surface area contributed by atoms with Gasteiger partial charge in [0.2, 0.25) is 0 Å². The van der Waals surface area contributed by atoms with Crippen LogP contribution in [0.5, 0.6) is 0 Å². The van der Waals surface area contributed by atoms with Crippen LogP contribution in [0.25, 0.3) is 11.3 Å². The molecule has 0 saturated heterocycles. The summed E-state index contributed by atoms with van der Waals surface area (Å²) in [6.07, 6.45) is 0.524. The van der Waals surface area contributed by atoms with Crippen molar-refractivity contribution < 1.29 is 18.1 Å². The first-order chi connectivity index (χ1) is 13.8. The molecule has 3 aromatic rings. The van der Waals surface area contributed by atoms with Crippen LogP contribution in [0.2, 0.25) is 5.02 Å². The molecule has 0 bridgehead atoms. The number of rotatable bonds is 2. The van der Waals surface area contributed by atoms with Crippen LogP contribution in [0.15, 0.2) is 40.9 Å². The number of nitrogens with zero attached hydrogens (tertiary/aromatic N) is 2. The van der Waals surface area contributed by atoms with Crippen molar-refractivity contribution >= 4 is 23.3 Å². The quantitative estimate of drug-likeness (QED) is 0.593. The van der Waals surface area contributed by atoms with Crippen molar-refractivity contribution in [3.8, 4) is 11.3 Å². The molecule has 0 spiro atoms. The number of anilines is 1. The van der Waals surface area contributed by atoms with Crippen LogP contribution in [-0.2, 0) is 13.0 Å². The van der Waals surface area contributed by atoms with Crippen molar-refractivity contribution in [3.05, 3.63) is 69.9 Å². The van der Waals surface area contributed by atoms with Gasteiger partial charge in [0, 0.05) is 40.4 Å². The Labute approximate surface area is 171 Å². The Morgan fingerprint density at radius 2 is 2.00 bits per heavy atom. The molecule has 1 aliphatic rings. The average molecular weight is 418 g/mol. The summed E-state index contributed by atoms with van der Waals surface area (Å²) in [5.41, 5.74) is 2.76. The minimum Gasteiger partial charge on any atom is -0.356 e. The fourth-order valence-corrected chi connectivity index (χ4v) is 3.60.